The molecule has 0 aromatic rings. The van der Waals surface area contributed by atoms with E-state index in [0.29, 0.717) is 18.8 Å². The Morgan fingerprint density at radius 2 is 1.87 bits per heavy atom. The first kappa shape index (κ1) is 14.9. The quantitative estimate of drug-likeness (QED) is 0.701. The number of aliphatic hydroxyl groups is 1. The number of hydrogen-bond donors (Lipinski definition) is 1. The Hall–Kier alpha value is -0.0900. The molecule has 0 fully saturated rings. The van der Waals surface area contributed by atoms with E-state index in [1.165, 1.54) is 0 Å². The van der Waals surface area contributed by atoms with Crippen LogP contribution in [0.4, 0.5) is 0 Å². The molecule has 0 heterocycles. The lowest BCUT2D eigenvalue weighted by atomic mass is 9.99. The van der Waals surface area contributed by atoms with Gasteiger partial charge in [0.15, 0.2) is 0 Å². The van der Waals surface area contributed by atoms with Gasteiger partial charge in [-0.25, -0.2) is 8.42 Å². The van der Waals surface area contributed by atoms with Gasteiger partial charge < -0.3 is 5.11 Å². The molecule has 4 heteroatoms. The molecule has 15 heavy (non-hydrogen) atoms. The van der Waals surface area contributed by atoms with Crippen LogP contribution in [0, 0.1) is 5.92 Å². The first-order valence-electron chi connectivity index (χ1n) is 5.79. The Labute approximate surface area is 93.8 Å². The Morgan fingerprint density at radius 3 is 2.33 bits per heavy atom. The molecule has 0 amide bonds. The molecule has 0 bridgehead atoms. The van der Waals surface area contributed by atoms with Crippen LogP contribution in [0.2, 0.25) is 0 Å². The summed E-state index contributed by atoms with van der Waals surface area (Å²) >= 11 is 0. The van der Waals surface area contributed by atoms with Gasteiger partial charge in [0.1, 0.15) is 9.84 Å². The van der Waals surface area contributed by atoms with Crippen molar-refractivity contribution in [2.75, 3.05) is 11.5 Å². The molecule has 0 aromatic carbocycles. The summed E-state index contributed by atoms with van der Waals surface area (Å²) in [6, 6.07) is 0. The van der Waals surface area contributed by atoms with Crippen LogP contribution in [0.5, 0.6) is 0 Å². The first-order valence-corrected chi connectivity index (χ1v) is 7.61. The fourth-order valence-corrected chi connectivity index (χ4v) is 2.33. The highest BCUT2D eigenvalue weighted by atomic mass is 32.2. The summed E-state index contributed by atoms with van der Waals surface area (Å²) in [6.45, 7) is 5.86. The smallest absolute Gasteiger partial charge is 0.150 e. The zero-order valence-corrected chi connectivity index (χ0v) is 10.9. The predicted molar refractivity (Wildman–Crippen MR) is 63.6 cm³/mol. The van der Waals surface area contributed by atoms with E-state index in [9.17, 15) is 13.5 Å². The maximum Gasteiger partial charge on any atom is 0.150 e. The van der Waals surface area contributed by atoms with Crippen molar-refractivity contribution in [2.45, 2.75) is 52.6 Å². The summed E-state index contributed by atoms with van der Waals surface area (Å²) in [7, 11) is -2.86. The highest BCUT2D eigenvalue weighted by Gasteiger charge is 2.11. The molecule has 0 radical (unpaired) electrons. The molecule has 2 atom stereocenters. The van der Waals surface area contributed by atoms with E-state index < -0.39 is 9.84 Å². The van der Waals surface area contributed by atoms with Crippen molar-refractivity contribution in [3.8, 4) is 0 Å². The van der Waals surface area contributed by atoms with E-state index >= 15 is 0 Å². The fourth-order valence-electron chi connectivity index (χ4n) is 1.43. The fraction of sp³-hybridized carbons (Fsp3) is 1.00. The highest BCUT2D eigenvalue weighted by molar-refractivity contribution is 7.91. The Balaban J connectivity index is 3.68. The van der Waals surface area contributed by atoms with Crippen LogP contribution in [0.25, 0.3) is 0 Å². The van der Waals surface area contributed by atoms with Crippen molar-refractivity contribution >= 4 is 9.84 Å². The molecule has 1 N–H and O–H groups in total. The Kier molecular flexibility index (Phi) is 7.18. The van der Waals surface area contributed by atoms with E-state index in [0.717, 1.165) is 12.8 Å². The maximum absolute atomic E-state index is 11.2. The second kappa shape index (κ2) is 7.23. The molecule has 0 aromatic heterocycles. The van der Waals surface area contributed by atoms with E-state index in [-0.39, 0.29) is 17.6 Å². The van der Waals surface area contributed by atoms with E-state index in [1.807, 2.05) is 0 Å². The van der Waals surface area contributed by atoms with Crippen molar-refractivity contribution in [1.82, 2.24) is 0 Å². The lowest BCUT2D eigenvalue weighted by molar-refractivity contribution is 0.134. The average molecular weight is 236 g/mol. The molecule has 2 unspecified atom stereocenters. The predicted octanol–water partition coefficient (Wildman–Crippen LogP) is 2.00. The molecule has 92 valence electrons. The van der Waals surface area contributed by atoms with Crippen molar-refractivity contribution in [3.05, 3.63) is 0 Å². The van der Waals surface area contributed by atoms with Crippen LogP contribution < -0.4 is 0 Å². The van der Waals surface area contributed by atoms with Crippen molar-refractivity contribution < 1.29 is 13.5 Å². The molecule has 0 saturated carbocycles. The van der Waals surface area contributed by atoms with Crippen LogP contribution in [0.3, 0.4) is 0 Å². The van der Waals surface area contributed by atoms with Crippen LogP contribution >= 0.6 is 0 Å². The number of hydrogen-bond acceptors (Lipinski definition) is 3. The molecule has 0 aliphatic heterocycles. The maximum atomic E-state index is 11.2. The van der Waals surface area contributed by atoms with Gasteiger partial charge in [-0.15, -0.1) is 0 Å². The van der Waals surface area contributed by atoms with Gasteiger partial charge in [0.2, 0.25) is 0 Å². The molecule has 0 aliphatic carbocycles. The third kappa shape index (κ3) is 7.79. The van der Waals surface area contributed by atoms with E-state index in [1.54, 1.807) is 6.92 Å². The van der Waals surface area contributed by atoms with Crippen molar-refractivity contribution in [1.29, 1.82) is 0 Å². The third-order valence-corrected chi connectivity index (χ3v) is 4.59. The molecule has 0 saturated heterocycles. The topological polar surface area (TPSA) is 54.4 Å². The first-order chi connectivity index (χ1) is 6.91. The van der Waals surface area contributed by atoms with Crippen molar-refractivity contribution in [2.24, 2.45) is 5.92 Å². The summed E-state index contributed by atoms with van der Waals surface area (Å²) in [5.41, 5.74) is 0. The third-order valence-electron chi connectivity index (χ3n) is 2.80. The molecule has 0 rings (SSSR count). The van der Waals surface area contributed by atoms with Crippen LogP contribution in [0.1, 0.15) is 46.5 Å². The number of aliphatic hydroxyl groups excluding tert-OH is 1. The Morgan fingerprint density at radius 1 is 1.27 bits per heavy atom. The van der Waals surface area contributed by atoms with Crippen molar-refractivity contribution in [3.63, 3.8) is 0 Å². The second-order valence-corrected chi connectivity index (χ2v) is 6.75. The highest BCUT2D eigenvalue weighted by Crippen LogP contribution is 2.13. The van der Waals surface area contributed by atoms with Gasteiger partial charge in [0.05, 0.1) is 11.9 Å². The Bertz CT molecular complexity index is 247. The summed E-state index contributed by atoms with van der Waals surface area (Å²) < 4.78 is 22.4. The standard InChI is InChI=1S/C11H24O3S/c1-4-10(3)9-11(12)7-6-8-15(13,14)5-2/h10-12H,4-9H2,1-3H3. The zero-order valence-electron chi connectivity index (χ0n) is 10.1. The lowest BCUT2D eigenvalue weighted by Gasteiger charge is -2.14. The summed E-state index contributed by atoms with van der Waals surface area (Å²) in [6.07, 6.45) is 2.68. The summed E-state index contributed by atoms with van der Waals surface area (Å²) in [5.74, 6) is 0.929. The second-order valence-electron chi connectivity index (χ2n) is 4.28. The summed E-state index contributed by atoms with van der Waals surface area (Å²) in [5, 5.41) is 9.63. The van der Waals surface area contributed by atoms with Gasteiger partial charge in [0.25, 0.3) is 0 Å². The minimum Gasteiger partial charge on any atom is -0.393 e. The number of sulfone groups is 1. The largest absolute Gasteiger partial charge is 0.393 e. The van der Waals surface area contributed by atoms with Gasteiger partial charge in [0, 0.05) is 5.75 Å². The van der Waals surface area contributed by atoms with Gasteiger partial charge >= 0.3 is 0 Å². The van der Waals surface area contributed by atoms with Crippen LogP contribution in [0.15, 0.2) is 0 Å². The minimum atomic E-state index is -2.86. The van der Waals surface area contributed by atoms with E-state index in [2.05, 4.69) is 13.8 Å². The zero-order chi connectivity index (χ0) is 11.9. The monoisotopic (exact) mass is 236 g/mol. The SMILES string of the molecule is CCC(C)CC(O)CCCS(=O)(=O)CC. The number of rotatable bonds is 8. The van der Waals surface area contributed by atoms with Gasteiger partial charge in [-0.05, 0) is 25.2 Å². The molecule has 0 spiro atoms. The minimum absolute atomic E-state index is 0.203. The molecule has 0 aliphatic rings. The molecular formula is C11H24O3S. The average Bonchev–Trinajstić information content (AvgIpc) is 2.17. The normalized spacial score (nSPS) is 16.3. The lowest BCUT2D eigenvalue weighted by Crippen LogP contribution is -2.15. The summed E-state index contributed by atoms with van der Waals surface area (Å²) in [4.78, 5) is 0. The van der Waals surface area contributed by atoms with Gasteiger partial charge in [-0.2, -0.15) is 0 Å². The van der Waals surface area contributed by atoms with E-state index in [4.69, 9.17) is 0 Å². The molecular weight excluding hydrogens is 212 g/mol. The van der Waals surface area contributed by atoms with Crippen LogP contribution in [-0.4, -0.2) is 31.1 Å². The van der Waals surface area contributed by atoms with Crippen LogP contribution in [-0.2, 0) is 9.84 Å². The van der Waals surface area contributed by atoms with Gasteiger partial charge in [-0.3, -0.25) is 0 Å². The molecule has 3 nitrogen and oxygen atoms in total. The van der Waals surface area contributed by atoms with Gasteiger partial charge in [-0.1, -0.05) is 27.2 Å².